The van der Waals surface area contributed by atoms with Crippen molar-refractivity contribution in [1.82, 2.24) is 0 Å². The van der Waals surface area contributed by atoms with Crippen LogP contribution in [-0.2, 0) is 6.42 Å². The van der Waals surface area contributed by atoms with Crippen molar-refractivity contribution in [3.8, 4) is 11.1 Å². The highest BCUT2D eigenvalue weighted by molar-refractivity contribution is 5.80. The van der Waals surface area contributed by atoms with E-state index in [2.05, 4.69) is 38.1 Å². The van der Waals surface area contributed by atoms with E-state index in [0.717, 1.165) is 18.3 Å². The zero-order chi connectivity index (χ0) is 18.4. The molecule has 0 saturated heterocycles. The largest absolute Gasteiger partial charge is 0.0555 e. The summed E-state index contributed by atoms with van der Waals surface area (Å²) < 4.78 is 0. The molecule has 0 nitrogen and oxygen atoms in total. The molecule has 5 rings (SSSR count). The van der Waals surface area contributed by atoms with Crippen molar-refractivity contribution in [3.63, 3.8) is 0 Å². The summed E-state index contributed by atoms with van der Waals surface area (Å²) in [6.45, 7) is 4.71. The average molecular weight is 359 g/mol. The molecule has 3 aliphatic carbocycles. The SMILES string of the molecule is Cc1cc(C2CCCCC2)cc2c1Cc1c(C)cc(C3CCCCC3)cc1-2. The molecule has 0 heterocycles. The van der Waals surface area contributed by atoms with Crippen LogP contribution >= 0.6 is 0 Å². The first-order valence-electron chi connectivity index (χ1n) is 11.5. The first-order valence-corrected chi connectivity index (χ1v) is 11.5. The van der Waals surface area contributed by atoms with Crippen molar-refractivity contribution in [2.24, 2.45) is 0 Å². The molecule has 0 heteroatoms. The van der Waals surface area contributed by atoms with E-state index in [1.807, 2.05) is 0 Å². The number of benzene rings is 2. The lowest BCUT2D eigenvalue weighted by molar-refractivity contribution is 0.443. The zero-order valence-electron chi connectivity index (χ0n) is 17.2. The summed E-state index contributed by atoms with van der Waals surface area (Å²) in [7, 11) is 0. The monoisotopic (exact) mass is 358 g/mol. The van der Waals surface area contributed by atoms with E-state index in [-0.39, 0.29) is 0 Å². The van der Waals surface area contributed by atoms with Crippen LogP contribution in [0.25, 0.3) is 11.1 Å². The Labute approximate surface area is 165 Å². The van der Waals surface area contributed by atoms with Gasteiger partial charge >= 0.3 is 0 Å². The van der Waals surface area contributed by atoms with E-state index < -0.39 is 0 Å². The van der Waals surface area contributed by atoms with Gasteiger partial charge in [-0.15, -0.1) is 0 Å². The Morgan fingerprint density at radius 3 is 1.37 bits per heavy atom. The third kappa shape index (κ3) is 3.16. The van der Waals surface area contributed by atoms with E-state index in [1.165, 1.54) is 75.3 Å². The van der Waals surface area contributed by atoms with Gasteiger partial charge in [0.1, 0.15) is 0 Å². The number of fused-ring (bicyclic) bond motifs is 3. The summed E-state index contributed by atoms with van der Waals surface area (Å²) in [5.74, 6) is 1.60. The van der Waals surface area contributed by atoms with Crippen molar-refractivity contribution in [2.75, 3.05) is 0 Å². The van der Waals surface area contributed by atoms with Gasteiger partial charge in [-0.25, -0.2) is 0 Å². The molecule has 2 aromatic carbocycles. The van der Waals surface area contributed by atoms with Crippen LogP contribution in [0.15, 0.2) is 24.3 Å². The van der Waals surface area contributed by atoms with Gasteiger partial charge in [0.2, 0.25) is 0 Å². The Hall–Kier alpha value is -1.56. The highest BCUT2D eigenvalue weighted by Gasteiger charge is 2.26. The van der Waals surface area contributed by atoms with Crippen LogP contribution in [-0.4, -0.2) is 0 Å². The van der Waals surface area contributed by atoms with Crippen molar-refractivity contribution >= 4 is 0 Å². The lowest BCUT2D eigenvalue weighted by Crippen LogP contribution is -2.06. The summed E-state index contributed by atoms with van der Waals surface area (Å²) in [6, 6.07) is 10.2. The van der Waals surface area contributed by atoms with E-state index in [1.54, 1.807) is 33.4 Å². The second-order valence-corrected chi connectivity index (χ2v) is 9.57. The fraction of sp³-hybridized carbons (Fsp3) is 0.556. The number of aryl methyl sites for hydroxylation is 2. The highest BCUT2D eigenvalue weighted by atomic mass is 14.3. The first kappa shape index (κ1) is 17.5. The van der Waals surface area contributed by atoms with Crippen LogP contribution in [0.1, 0.15) is 109 Å². The lowest BCUT2D eigenvalue weighted by Gasteiger charge is -2.24. The lowest BCUT2D eigenvalue weighted by atomic mass is 9.81. The van der Waals surface area contributed by atoms with Crippen LogP contribution in [0.5, 0.6) is 0 Å². The minimum absolute atomic E-state index is 0.800. The maximum Gasteiger partial charge on any atom is -0.000819 e. The minimum Gasteiger partial charge on any atom is -0.0555 e. The average Bonchev–Trinajstić information content (AvgIpc) is 3.09. The Kier molecular flexibility index (Phi) is 4.62. The summed E-state index contributed by atoms with van der Waals surface area (Å²) in [5, 5.41) is 0. The van der Waals surface area contributed by atoms with Crippen molar-refractivity contribution in [1.29, 1.82) is 0 Å². The van der Waals surface area contributed by atoms with E-state index >= 15 is 0 Å². The molecule has 3 aliphatic rings. The predicted molar refractivity (Wildman–Crippen MR) is 116 cm³/mol. The van der Waals surface area contributed by atoms with E-state index in [4.69, 9.17) is 0 Å². The standard InChI is InChI=1S/C27H34/c1-18-13-22(20-9-5-3-6-10-20)15-26-24(18)17-25-19(2)14-23(16-27(25)26)21-11-7-4-8-12-21/h13-16,20-21H,3-12,17H2,1-2H3. The third-order valence-electron chi connectivity index (χ3n) is 7.79. The molecule has 142 valence electrons. The van der Waals surface area contributed by atoms with Gasteiger partial charge in [0.05, 0.1) is 0 Å². The molecular weight excluding hydrogens is 324 g/mol. The van der Waals surface area contributed by atoms with Crippen LogP contribution in [0.2, 0.25) is 0 Å². The molecule has 2 aromatic rings. The van der Waals surface area contributed by atoms with Crippen LogP contribution in [0.4, 0.5) is 0 Å². The molecule has 0 radical (unpaired) electrons. The summed E-state index contributed by atoms with van der Waals surface area (Å²) in [4.78, 5) is 0. The highest BCUT2D eigenvalue weighted by Crippen LogP contribution is 2.45. The second-order valence-electron chi connectivity index (χ2n) is 9.57. The molecule has 0 aliphatic heterocycles. The number of hydrogen-bond donors (Lipinski definition) is 0. The summed E-state index contributed by atoms with van der Waals surface area (Å²) in [6.07, 6.45) is 15.3. The maximum atomic E-state index is 2.59. The molecule has 2 saturated carbocycles. The topological polar surface area (TPSA) is 0 Å². The molecule has 27 heavy (non-hydrogen) atoms. The quantitative estimate of drug-likeness (QED) is 0.435. The normalized spacial score (nSPS) is 20.5. The van der Waals surface area contributed by atoms with Gasteiger partial charge in [0.15, 0.2) is 0 Å². The predicted octanol–water partition coefficient (Wildman–Crippen LogP) is 7.97. The van der Waals surface area contributed by atoms with E-state index in [0.29, 0.717) is 0 Å². The molecule has 0 atom stereocenters. The van der Waals surface area contributed by atoms with Gasteiger partial charge in [-0.05, 0) is 102 Å². The van der Waals surface area contributed by atoms with Gasteiger partial charge in [-0.2, -0.15) is 0 Å². The molecule has 0 spiro atoms. The zero-order valence-corrected chi connectivity index (χ0v) is 17.2. The van der Waals surface area contributed by atoms with Gasteiger partial charge in [0.25, 0.3) is 0 Å². The minimum atomic E-state index is 0.800. The summed E-state index contributed by atoms with van der Waals surface area (Å²) in [5.41, 5.74) is 12.7. The Bertz CT molecular complexity index is 773. The molecule has 0 N–H and O–H groups in total. The van der Waals surface area contributed by atoms with Crippen molar-refractivity contribution < 1.29 is 0 Å². The molecule has 0 bridgehead atoms. The summed E-state index contributed by atoms with van der Waals surface area (Å²) >= 11 is 0. The Balaban J connectivity index is 1.57. The van der Waals surface area contributed by atoms with Crippen molar-refractivity contribution in [3.05, 3.63) is 57.6 Å². The van der Waals surface area contributed by atoms with Crippen molar-refractivity contribution in [2.45, 2.75) is 96.3 Å². The fourth-order valence-electron chi connectivity index (χ4n) is 6.16. The Morgan fingerprint density at radius 2 is 0.963 bits per heavy atom. The van der Waals surface area contributed by atoms with Gasteiger partial charge < -0.3 is 0 Å². The Morgan fingerprint density at radius 1 is 0.556 bits per heavy atom. The fourth-order valence-corrected chi connectivity index (χ4v) is 6.16. The molecule has 0 unspecified atom stereocenters. The second kappa shape index (κ2) is 7.12. The van der Waals surface area contributed by atoms with Crippen LogP contribution in [0, 0.1) is 13.8 Å². The number of rotatable bonds is 2. The number of hydrogen-bond acceptors (Lipinski definition) is 0. The maximum absolute atomic E-state index is 2.59. The third-order valence-corrected chi connectivity index (χ3v) is 7.79. The molecule has 2 fully saturated rings. The first-order chi connectivity index (χ1) is 13.2. The van der Waals surface area contributed by atoms with E-state index in [9.17, 15) is 0 Å². The molecule has 0 amide bonds. The smallest absolute Gasteiger partial charge is 0.000819 e. The van der Waals surface area contributed by atoms with Gasteiger partial charge in [0, 0.05) is 0 Å². The van der Waals surface area contributed by atoms with Gasteiger partial charge in [-0.3, -0.25) is 0 Å². The molecular formula is C27H34. The van der Waals surface area contributed by atoms with Crippen LogP contribution in [0.3, 0.4) is 0 Å². The van der Waals surface area contributed by atoms with Crippen LogP contribution < -0.4 is 0 Å². The van der Waals surface area contributed by atoms with Gasteiger partial charge in [-0.1, -0.05) is 62.8 Å². The molecule has 0 aromatic heterocycles.